The topological polar surface area (TPSA) is 53.1 Å². The van der Waals surface area contributed by atoms with Gasteiger partial charge >= 0.3 is 0 Å². The Labute approximate surface area is 192 Å². The van der Waals surface area contributed by atoms with E-state index < -0.39 is 17.5 Å². The molecule has 2 saturated heterocycles. The van der Waals surface area contributed by atoms with Crippen molar-refractivity contribution in [3.05, 3.63) is 59.7 Å². The first kappa shape index (κ1) is 23.0. The van der Waals surface area contributed by atoms with Gasteiger partial charge in [-0.25, -0.2) is 8.78 Å². The first-order chi connectivity index (χ1) is 16.0. The minimum absolute atomic E-state index is 0.118. The van der Waals surface area contributed by atoms with Crippen molar-refractivity contribution in [1.82, 2.24) is 9.80 Å². The molecular formula is C25H29F2N3O3. The van der Waals surface area contributed by atoms with Crippen LogP contribution in [0.15, 0.2) is 42.5 Å². The molecule has 2 aromatic rings. The number of ether oxygens (including phenoxy) is 1. The van der Waals surface area contributed by atoms with E-state index in [1.807, 2.05) is 36.1 Å². The largest absolute Gasteiger partial charge is 0.492 e. The molecule has 0 N–H and O–H groups in total. The van der Waals surface area contributed by atoms with Gasteiger partial charge in [-0.05, 0) is 44.0 Å². The molecule has 33 heavy (non-hydrogen) atoms. The second-order valence-electron chi connectivity index (χ2n) is 8.40. The quantitative estimate of drug-likeness (QED) is 0.689. The van der Waals surface area contributed by atoms with Gasteiger partial charge < -0.3 is 19.4 Å². The molecule has 0 atom stereocenters. The van der Waals surface area contributed by atoms with Crippen molar-refractivity contribution in [2.24, 2.45) is 5.92 Å². The number of amides is 2. The molecule has 2 fully saturated rings. The zero-order valence-corrected chi connectivity index (χ0v) is 18.8. The molecule has 2 heterocycles. The minimum atomic E-state index is -0.859. The van der Waals surface area contributed by atoms with Crippen molar-refractivity contribution in [2.75, 3.05) is 50.8 Å². The molecular weight excluding hydrogens is 428 g/mol. The number of benzene rings is 2. The summed E-state index contributed by atoms with van der Waals surface area (Å²) in [6.07, 6.45) is 1.08. The first-order valence-corrected chi connectivity index (χ1v) is 11.5. The van der Waals surface area contributed by atoms with E-state index in [2.05, 4.69) is 4.90 Å². The number of halogens is 2. The number of hydrogen-bond donors (Lipinski definition) is 0. The molecule has 8 heteroatoms. The average Bonchev–Trinajstić information content (AvgIpc) is 2.84. The van der Waals surface area contributed by atoms with Gasteiger partial charge in [0.1, 0.15) is 17.4 Å². The van der Waals surface area contributed by atoms with Crippen LogP contribution in [0, 0.1) is 17.6 Å². The van der Waals surface area contributed by atoms with Gasteiger partial charge in [0.15, 0.2) is 0 Å². The van der Waals surface area contributed by atoms with E-state index in [1.54, 1.807) is 4.90 Å². The molecule has 0 saturated carbocycles. The van der Waals surface area contributed by atoms with Gasteiger partial charge in [-0.2, -0.15) is 0 Å². The summed E-state index contributed by atoms with van der Waals surface area (Å²) >= 11 is 0. The number of anilines is 1. The number of carbonyl (C=O) groups excluding carboxylic acids is 2. The lowest BCUT2D eigenvalue weighted by atomic mass is 9.94. The third-order valence-electron chi connectivity index (χ3n) is 6.39. The summed E-state index contributed by atoms with van der Waals surface area (Å²) in [5, 5.41) is 0. The highest BCUT2D eigenvalue weighted by atomic mass is 19.1. The Balaban J connectivity index is 1.30. The summed E-state index contributed by atoms with van der Waals surface area (Å²) in [6.45, 7) is 6.07. The summed E-state index contributed by atoms with van der Waals surface area (Å²) in [7, 11) is 0. The molecule has 0 bridgehead atoms. The molecule has 0 unspecified atom stereocenters. The summed E-state index contributed by atoms with van der Waals surface area (Å²) in [5.74, 6) is -1.20. The zero-order valence-electron chi connectivity index (χ0n) is 18.8. The molecule has 2 amide bonds. The lowest BCUT2D eigenvalue weighted by Gasteiger charge is -2.39. The normalized spacial score (nSPS) is 17.2. The minimum Gasteiger partial charge on any atom is -0.492 e. The number of carbonyl (C=O) groups is 2. The third kappa shape index (κ3) is 5.10. The van der Waals surface area contributed by atoms with Gasteiger partial charge in [0.05, 0.1) is 17.9 Å². The van der Waals surface area contributed by atoms with Gasteiger partial charge in [0.25, 0.3) is 5.91 Å². The third-order valence-corrected chi connectivity index (χ3v) is 6.39. The van der Waals surface area contributed by atoms with Crippen molar-refractivity contribution in [2.45, 2.75) is 19.8 Å². The van der Waals surface area contributed by atoms with Gasteiger partial charge in [0.2, 0.25) is 5.91 Å². The fourth-order valence-electron chi connectivity index (χ4n) is 4.58. The summed E-state index contributed by atoms with van der Waals surface area (Å²) in [4.78, 5) is 31.4. The predicted molar refractivity (Wildman–Crippen MR) is 121 cm³/mol. The van der Waals surface area contributed by atoms with E-state index in [9.17, 15) is 18.4 Å². The number of hydrogen-bond acceptors (Lipinski definition) is 4. The Morgan fingerprint density at radius 1 is 0.939 bits per heavy atom. The predicted octanol–water partition coefficient (Wildman–Crippen LogP) is 3.56. The van der Waals surface area contributed by atoms with Crippen molar-refractivity contribution >= 4 is 17.5 Å². The van der Waals surface area contributed by atoms with E-state index in [4.69, 9.17) is 4.74 Å². The Hall–Kier alpha value is -3.16. The lowest BCUT2D eigenvalue weighted by molar-refractivity contribution is -0.137. The standard InChI is InChI=1S/C25H29F2N3O3/c1-2-33-23-6-4-3-5-22(23)28-13-15-30(16-14-28)24(31)18-9-11-29(12-10-18)25(32)20-8-7-19(26)17-21(20)27/h3-8,17-18H,2,9-16H2,1H3. The van der Waals surface area contributed by atoms with E-state index in [0.29, 0.717) is 45.6 Å². The maximum absolute atomic E-state index is 14.0. The Kier molecular flexibility index (Phi) is 7.11. The van der Waals surface area contributed by atoms with Crippen molar-refractivity contribution in [3.63, 3.8) is 0 Å². The zero-order chi connectivity index (χ0) is 23.4. The first-order valence-electron chi connectivity index (χ1n) is 11.5. The molecule has 0 aromatic heterocycles. The van der Waals surface area contributed by atoms with Crippen molar-refractivity contribution in [1.29, 1.82) is 0 Å². The lowest BCUT2D eigenvalue weighted by Crippen LogP contribution is -2.52. The summed E-state index contributed by atoms with van der Waals surface area (Å²) < 4.78 is 32.8. The number of rotatable bonds is 5. The van der Waals surface area contributed by atoms with Crippen molar-refractivity contribution in [3.8, 4) is 5.75 Å². The Bertz CT molecular complexity index is 1000. The van der Waals surface area contributed by atoms with Crippen LogP contribution in [-0.4, -0.2) is 67.5 Å². The van der Waals surface area contributed by atoms with E-state index >= 15 is 0 Å². The molecule has 0 spiro atoms. The summed E-state index contributed by atoms with van der Waals surface area (Å²) in [5.41, 5.74) is 0.913. The highest BCUT2D eigenvalue weighted by Crippen LogP contribution is 2.29. The molecule has 2 aliphatic heterocycles. The van der Waals surface area contributed by atoms with Crippen LogP contribution in [0.3, 0.4) is 0 Å². The molecule has 2 aliphatic rings. The fraction of sp³-hybridized carbons (Fsp3) is 0.440. The monoisotopic (exact) mass is 457 g/mol. The van der Waals surface area contributed by atoms with E-state index in [0.717, 1.165) is 36.7 Å². The number of para-hydroxylation sites is 2. The second-order valence-corrected chi connectivity index (χ2v) is 8.40. The van der Waals surface area contributed by atoms with Crippen LogP contribution in [0.2, 0.25) is 0 Å². The van der Waals surface area contributed by atoms with Crippen LogP contribution in [0.4, 0.5) is 14.5 Å². The van der Waals surface area contributed by atoms with Crippen LogP contribution in [0.5, 0.6) is 5.75 Å². The molecule has 0 radical (unpaired) electrons. The number of piperazine rings is 1. The van der Waals surface area contributed by atoms with Crippen LogP contribution in [0.1, 0.15) is 30.1 Å². The van der Waals surface area contributed by atoms with Gasteiger partial charge in [-0.1, -0.05) is 12.1 Å². The van der Waals surface area contributed by atoms with Crippen molar-refractivity contribution < 1.29 is 23.1 Å². The van der Waals surface area contributed by atoms with Gasteiger partial charge in [-0.3, -0.25) is 9.59 Å². The van der Waals surface area contributed by atoms with Crippen LogP contribution in [0.25, 0.3) is 0 Å². The number of nitrogens with zero attached hydrogens (tertiary/aromatic N) is 3. The van der Waals surface area contributed by atoms with Crippen LogP contribution < -0.4 is 9.64 Å². The number of likely N-dealkylation sites (tertiary alicyclic amines) is 1. The van der Waals surface area contributed by atoms with E-state index in [1.165, 1.54) is 6.07 Å². The van der Waals surface area contributed by atoms with Crippen LogP contribution in [-0.2, 0) is 4.79 Å². The highest BCUT2D eigenvalue weighted by molar-refractivity contribution is 5.94. The Morgan fingerprint density at radius 3 is 2.30 bits per heavy atom. The smallest absolute Gasteiger partial charge is 0.256 e. The average molecular weight is 458 g/mol. The van der Waals surface area contributed by atoms with Crippen LogP contribution >= 0.6 is 0 Å². The SMILES string of the molecule is CCOc1ccccc1N1CCN(C(=O)C2CCN(C(=O)c3ccc(F)cc3F)CC2)CC1. The maximum atomic E-state index is 14.0. The molecule has 4 rings (SSSR count). The maximum Gasteiger partial charge on any atom is 0.256 e. The Morgan fingerprint density at radius 2 is 1.64 bits per heavy atom. The fourth-order valence-corrected chi connectivity index (χ4v) is 4.58. The molecule has 0 aliphatic carbocycles. The second kappa shape index (κ2) is 10.2. The van der Waals surface area contributed by atoms with Gasteiger partial charge in [-0.15, -0.1) is 0 Å². The molecule has 6 nitrogen and oxygen atoms in total. The number of piperidine rings is 1. The summed E-state index contributed by atoms with van der Waals surface area (Å²) in [6, 6.07) is 10.9. The van der Waals surface area contributed by atoms with Gasteiger partial charge in [0, 0.05) is 51.3 Å². The highest BCUT2D eigenvalue weighted by Gasteiger charge is 2.32. The molecule has 176 valence electrons. The van der Waals surface area contributed by atoms with E-state index in [-0.39, 0.29) is 17.4 Å². The molecule has 2 aromatic carbocycles.